The molecule has 0 aliphatic rings. The fourth-order valence-electron chi connectivity index (χ4n) is 1.70. The molecule has 0 saturated heterocycles. The summed E-state index contributed by atoms with van der Waals surface area (Å²) in [7, 11) is 0. The van der Waals surface area contributed by atoms with Crippen molar-refractivity contribution in [2.75, 3.05) is 6.61 Å². The number of aromatic nitrogens is 1. The van der Waals surface area contributed by atoms with Gasteiger partial charge in [0.15, 0.2) is 5.69 Å². The fourth-order valence-corrected chi connectivity index (χ4v) is 1.88. The van der Waals surface area contributed by atoms with Gasteiger partial charge in [-0.2, -0.15) is 0 Å². The van der Waals surface area contributed by atoms with Crippen LogP contribution in [0.5, 0.6) is 0 Å². The summed E-state index contributed by atoms with van der Waals surface area (Å²) in [6.45, 7) is 3.81. The molecule has 0 bridgehead atoms. The predicted molar refractivity (Wildman–Crippen MR) is 72.2 cm³/mol. The lowest BCUT2D eigenvalue weighted by Crippen LogP contribution is -2.07. The van der Waals surface area contributed by atoms with Crippen LogP contribution in [0.1, 0.15) is 30.1 Å². The summed E-state index contributed by atoms with van der Waals surface area (Å²) in [5.74, 6) is -0.415. The number of carbonyl (C=O) groups excluding carboxylic acids is 1. The minimum absolute atomic E-state index is 0.0311. The predicted octanol–water partition coefficient (Wildman–Crippen LogP) is 3.87. The topological polar surface area (TPSA) is 52.3 Å². The van der Waals surface area contributed by atoms with Crippen LogP contribution < -0.4 is 0 Å². The van der Waals surface area contributed by atoms with Crippen LogP contribution in [-0.2, 0) is 11.2 Å². The molecule has 2 rings (SSSR count). The highest BCUT2D eigenvalue weighted by atomic mass is 35.5. The molecule has 4 nitrogen and oxygen atoms in total. The molecular formula is C14H13ClFNO3. The van der Waals surface area contributed by atoms with Gasteiger partial charge in [-0.15, -0.1) is 0 Å². The zero-order valence-electron chi connectivity index (χ0n) is 11.1. The molecule has 1 aromatic heterocycles. The average molecular weight is 298 g/mol. The number of carbonyl (C=O) groups is 1. The number of esters is 1. The Kier molecular flexibility index (Phi) is 4.39. The maximum Gasteiger partial charge on any atom is 0.360 e. The summed E-state index contributed by atoms with van der Waals surface area (Å²) < 4.78 is 23.6. The Morgan fingerprint density at radius 3 is 2.80 bits per heavy atom. The normalized spacial score (nSPS) is 10.6. The molecule has 106 valence electrons. The second-order valence-corrected chi connectivity index (χ2v) is 4.40. The van der Waals surface area contributed by atoms with Gasteiger partial charge in [0.25, 0.3) is 0 Å². The van der Waals surface area contributed by atoms with Crippen molar-refractivity contribution in [3.63, 3.8) is 0 Å². The summed E-state index contributed by atoms with van der Waals surface area (Å²) in [4.78, 5) is 15.9. The van der Waals surface area contributed by atoms with Gasteiger partial charge in [-0.05, 0) is 25.1 Å². The number of hydrogen-bond acceptors (Lipinski definition) is 4. The molecule has 0 amide bonds. The molecular weight excluding hydrogens is 285 g/mol. The number of aryl methyl sites for hydroxylation is 1. The summed E-state index contributed by atoms with van der Waals surface area (Å²) in [5.41, 5.74) is 0.645. The van der Waals surface area contributed by atoms with Crippen LogP contribution in [-0.4, -0.2) is 17.6 Å². The van der Waals surface area contributed by atoms with Crippen molar-refractivity contribution < 1.29 is 18.3 Å². The van der Waals surface area contributed by atoms with Crippen LogP contribution in [0.15, 0.2) is 22.6 Å². The quantitative estimate of drug-likeness (QED) is 0.804. The highest BCUT2D eigenvalue weighted by Gasteiger charge is 2.21. The van der Waals surface area contributed by atoms with Gasteiger partial charge in [-0.25, -0.2) is 14.2 Å². The molecule has 0 N–H and O–H groups in total. The number of hydrogen-bond donors (Lipinski definition) is 0. The molecule has 0 aliphatic heterocycles. The third-order valence-electron chi connectivity index (χ3n) is 2.65. The van der Waals surface area contributed by atoms with Crippen molar-refractivity contribution in [2.24, 2.45) is 0 Å². The van der Waals surface area contributed by atoms with E-state index in [0.717, 1.165) is 0 Å². The lowest BCUT2D eigenvalue weighted by molar-refractivity contribution is 0.0518. The molecule has 0 radical (unpaired) electrons. The first kappa shape index (κ1) is 14.5. The molecule has 6 heteroatoms. The third kappa shape index (κ3) is 2.82. The van der Waals surface area contributed by atoms with E-state index < -0.39 is 11.8 Å². The molecule has 0 atom stereocenters. The monoisotopic (exact) mass is 297 g/mol. The molecule has 0 spiro atoms. The molecule has 0 unspecified atom stereocenters. The Morgan fingerprint density at radius 2 is 2.20 bits per heavy atom. The molecule has 0 fully saturated rings. The SMILES string of the molecule is CCOC(=O)c1nc(-c2ccc(F)c(Cl)c2)oc1CC. The van der Waals surface area contributed by atoms with E-state index in [-0.39, 0.29) is 23.2 Å². The molecule has 0 saturated carbocycles. The van der Waals surface area contributed by atoms with Gasteiger partial charge in [0, 0.05) is 12.0 Å². The van der Waals surface area contributed by atoms with Gasteiger partial charge in [0.2, 0.25) is 5.89 Å². The van der Waals surface area contributed by atoms with Crippen molar-refractivity contribution in [1.29, 1.82) is 0 Å². The van der Waals surface area contributed by atoms with E-state index in [1.54, 1.807) is 6.92 Å². The highest BCUT2D eigenvalue weighted by Crippen LogP contribution is 2.26. The number of rotatable bonds is 4. The molecule has 0 aliphatic carbocycles. The van der Waals surface area contributed by atoms with E-state index in [1.165, 1.54) is 18.2 Å². The molecule has 1 aromatic carbocycles. The number of nitrogens with zero attached hydrogens (tertiary/aromatic N) is 1. The summed E-state index contributed by atoms with van der Waals surface area (Å²) >= 11 is 5.72. The molecule has 2 aromatic rings. The lowest BCUT2D eigenvalue weighted by atomic mass is 10.2. The number of benzene rings is 1. The Morgan fingerprint density at radius 1 is 1.45 bits per heavy atom. The summed E-state index contributed by atoms with van der Waals surface area (Å²) in [6, 6.07) is 4.11. The van der Waals surface area contributed by atoms with Crippen LogP contribution in [0.25, 0.3) is 11.5 Å². The van der Waals surface area contributed by atoms with Crippen LogP contribution in [0.2, 0.25) is 5.02 Å². The van der Waals surface area contributed by atoms with E-state index in [4.69, 9.17) is 20.8 Å². The van der Waals surface area contributed by atoms with Gasteiger partial charge < -0.3 is 9.15 Å². The van der Waals surface area contributed by atoms with E-state index in [1.807, 2.05) is 6.92 Å². The maximum absolute atomic E-state index is 13.1. The van der Waals surface area contributed by atoms with Crippen LogP contribution in [0.3, 0.4) is 0 Å². The Labute approximate surface area is 120 Å². The lowest BCUT2D eigenvalue weighted by Gasteiger charge is -1.98. The fraction of sp³-hybridized carbons (Fsp3) is 0.286. The Hall–Kier alpha value is -1.88. The van der Waals surface area contributed by atoms with E-state index in [0.29, 0.717) is 17.7 Å². The minimum Gasteiger partial charge on any atom is -0.461 e. The van der Waals surface area contributed by atoms with E-state index in [9.17, 15) is 9.18 Å². The first-order valence-corrected chi connectivity index (χ1v) is 6.56. The van der Waals surface area contributed by atoms with Gasteiger partial charge in [-0.3, -0.25) is 0 Å². The standard InChI is InChI=1S/C14H13ClFNO3/c1-3-11-12(14(18)19-4-2)17-13(20-11)8-5-6-10(16)9(15)7-8/h5-7H,3-4H2,1-2H3. The Balaban J connectivity index is 2.42. The van der Waals surface area contributed by atoms with Gasteiger partial charge in [0.05, 0.1) is 11.6 Å². The van der Waals surface area contributed by atoms with Crippen molar-refractivity contribution in [1.82, 2.24) is 4.98 Å². The van der Waals surface area contributed by atoms with Crippen molar-refractivity contribution in [3.8, 4) is 11.5 Å². The number of ether oxygens (including phenoxy) is 1. The zero-order valence-corrected chi connectivity index (χ0v) is 11.8. The van der Waals surface area contributed by atoms with Gasteiger partial charge in [0.1, 0.15) is 11.6 Å². The first-order chi connectivity index (χ1) is 9.56. The van der Waals surface area contributed by atoms with Crippen LogP contribution in [0.4, 0.5) is 4.39 Å². The van der Waals surface area contributed by atoms with Crippen molar-refractivity contribution in [3.05, 3.63) is 40.5 Å². The van der Waals surface area contributed by atoms with Gasteiger partial charge in [-0.1, -0.05) is 18.5 Å². The molecule has 1 heterocycles. The largest absolute Gasteiger partial charge is 0.461 e. The van der Waals surface area contributed by atoms with Gasteiger partial charge >= 0.3 is 5.97 Å². The number of halogens is 2. The van der Waals surface area contributed by atoms with Crippen LogP contribution in [0, 0.1) is 5.82 Å². The van der Waals surface area contributed by atoms with Crippen molar-refractivity contribution >= 4 is 17.6 Å². The van der Waals surface area contributed by atoms with Crippen molar-refractivity contribution in [2.45, 2.75) is 20.3 Å². The van der Waals surface area contributed by atoms with E-state index in [2.05, 4.69) is 4.98 Å². The maximum atomic E-state index is 13.1. The minimum atomic E-state index is -0.535. The smallest absolute Gasteiger partial charge is 0.360 e. The summed E-state index contributed by atoms with van der Waals surface area (Å²) in [5, 5.41) is -0.0311. The number of oxazole rings is 1. The first-order valence-electron chi connectivity index (χ1n) is 6.19. The highest BCUT2D eigenvalue weighted by molar-refractivity contribution is 6.31. The average Bonchev–Trinajstić information content (AvgIpc) is 2.86. The second-order valence-electron chi connectivity index (χ2n) is 3.99. The van der Waals surface area contributed by atoms with Crippen LogP contribution >= 0.6 is 11.6 Å². The Bertz CT molecular complexity index is 639. The second kappa shape index (κ2) is 6.05. The summed E-state index contributed by atoms with van der Waals surface area (Å²) in [6.07, 6.45) is 0.496. The third-order valence-corrected chi connectivity index (χ3v) is 2.94. The zero-order chi connectivity index (χ0) is 14.7. The van der Waals surface area contributed by atoms with E-state index >= 15 is 0 Å². The molecule has 20 heavy (non-hydrogen) atoms.